The van der Waals surface area contributed by atoms with Gasteiger partial charge in [-0.1, -0.05) is 36.4 Å². The first-order chi connectivity index (χ1) is 11.2. The standard InChI is InChI=1S/C17H15N5O/c18-17(23)14-10-19-11-15(21-14)22-16(12-6-2-1-3-7-12)13-8-4-5-9-20-13/h1-11,16H,(H2,18,23)(H,21,22). The molecule has 3 rings (SSSR count). The molecule has 1 amide bonds. The quantitative estimate of drug-likeness (QED) is 0.753. The highest BCUT2D eigenvalue weighted by molar-refractivity contribution is 5.90. The summed E-state index contributed by atoms with van der Waals surface area (Å²) >= 11 is 0. The molecule has 6 heteroatoms. The fourth-order valence-corrected chi connectivity index (χ4v) is 2.22. The van der Waals surface area contributed by atoms with Gasteiger partial charge >= 0.3 is 0 Å². The summed E-state index contributed by atoms with van der Waals surface area (Å²) in [7, 11) is 0. The molecule has 2 heterocycles. The second-order valence-corrected chi connectivity index (χ2v) is 4.90. The number of nitrogens with one attached hydrogen (secondary N) is 1. The first-order valence-electron chi connectivity index (χ1n) is 7.08. The minimum Gasteiger partial charge on any atom is -0.364 e. The van der Waals surface area contributed by atoms with Crippen LogP contribution in [0.4, 0.5) is 5.82 Å². The highest BCUT2D eigenvalue weighted by atomic mass is 16.1. The molecule has 1 unspecified atom stereocenters. The monoisotopic (exact) mass is 305 g/mol. The molecule has 0 bridgehead atoms. The predicted octanol–water partition coefficient (Wildman–Crippen LogP) is 2.17. The normalized spacial score (nSPS) is 11.7. The fourth-order valence-electron chi connectivity index (χ4n) is 2.22. The summed E-state index contributed by atoms with van der Waals surface area (Å²) in [5.41, 5.74) is 7.23. The summed E-state index contributed by atoms with van der Waals surface area (Å²) in [6.45, 7) is 0. The van der Waals surface area contributed by atoms with Crippen molar-refractivity contribution in [2.45, 2.75) is 6.04 Å². The Hall–Kier alpha value is -3.28. The van der Waals surface area contributed by atoms with Crippen molar-refractivity contribution < 1.29 is 4.79 Å². The van der Waals surface area contributed by atoms with Crippen LogP contribution in [0.3, 0.4) is 0 Å². The summed E-state index contributed by atoms with van der Waals surface area (Å²) in [5.74, 6) is -0.156. The van der Waals surface area contributed by atoms with Gasteiger partial charge in [-0.25, -0.2) is 4.98 Å². The van der Waals surface area contributed by atoms with Crippen LogP contribution in [0.15, 0.2) is 67.1 Å². The summed E-state index contributed by atoms with van der Waals surface area (Å²) in [6.07, 6.45) is 4.62. The molecule has 114 valence electrons. The number of rotatable bonds is 5. The molecule has 0 spiro atoms. The molecule has 3 aromatic rings. The molecule has 2 aromatic heterocycles. The van der Waals surface area contributed by atoms with Crippen molar-refractivity contribution in [3.8, 4) is 0 Å². The Balaban J connectivity index is 1.97. The molecule has 1 aromatic carbocycles. The van der Waals surface area contributed by atoms with Crippen LogP contribution in [0.1, 0.15) is 27.8 Å². The van der Waals surface area contributed by atoms with Crippen molar-refractivity contribution >= 4 is 11.7 Å². The molecule has 3 N–H and O–H groups in total. The Morgan fingerprint density at radius 1 is 1.04 bits per heavy atom. The number of aromatic nitrogens is 3. The van der Waals surface area contributed by atoms with Gasteiger partial charge in [0.25, 0.3) is 5.91 Å². The number of hydrogen-bond donors (Lipinski definition) is 2. The number of hydrogen-bond acceptors (Lipinski definition) is 5. The molecule has 6 nitrogen and oxygen atoms in total. The summed E-state index contributed by atoms with van der Waals surface area (Å²) in [4.78, 5) is 23.9. The number of carbonyl (C=O) groups excluding carboxylic acids is 1. The van der Waals surface area contributed by atoms with E-state index in [1.165, 1.54) is 6.20 Å². The third kappa shape index (κ3) is 3.49. The number of nitrogens with zero attached hydrogens (tertiary/aromatic N) is 3. The highest BCUT2D eigenvalue weighted by Gasteiger charge is 2.16. The van der Waals surface area contributed by atoms with Crippen LogP contribution in [0.25, 0.3) is 0 Å². The molecule has 1 atom stereocenters. The Bertz CT molecular complexity index is 753. The van der Waals surface area contributed by atoms with E-state index in [1.54, 1.807) is 12.4 Å². The van der Waals surface area contributed by atoms with Crippen LogP contribution < -0.4 is 11.1 Å². The average Bonchev–Trinajstić information content (AvgIpc) is 2.61. The van der Waals surface area contributed by atoms with Gasteiger partial charge in [0.15, 0.2) is 0 Å². The van der Waals surface area contributed by atoms with Gasteiger partial charge < -0.3 is 11.1 Å². The number of amides is 1. The van der Waals surface area contributed by atoms with Crippen LogP contribution >= 0.6 is 0 Å². The third-order valence-electron chi connectivity index (χ3n) is 3.30. The number of carbonyl (C=O) groups is 1. The van der Waals surface area contributed by atoms with Crippen molar-refractivity contribution in [3.63, 3.8) is 0 Å². The predicted molar refractivity (Wildman–Crippen MR) is 86.7 cm³/mol. The van der Waals surface area contributed by atoms with Crippen LogP contribution in [-0.4, -0.2) is 20.9 Å². The minimum absolute atomic E-state index is 0.114. The van der Waals surface area contributed by atoms with Gasteiger partial charge in [0.05, 0.1) is 24.1 Å². The molecule has 0 saturated carbocycles. The SMILES string of the molecule is NC(=O)c1cncc(NC(c2ccccc2)c2ccccn2)n1. The van der Waals surface area contributed by atoms with Crippen LogP contribution in [0.5, 0.6) is 0 Å². The van der Waals surface area contributed by atoms with Gasteiger partial charge in [-0.15, -0.1) is 0 Å². The molecule has 0 fully saturated rings. The lowest BCUT2D eigenvalue weighted by Gasteiger charge is -2.19. The molecule has 0 aliphatic carbocycles. The molecule has 0 saturated heterocycles. The van der Waals surface area contributed by atoms with Gasteiger partial charge in [0, 0.05) is 6.20 Å². The van der Waals surface area contributed by atoms with Gasteiger partial charge in [0.2, 0.25) is 0 Å². The highest BCUT2D eigenvalue weighted by Crippen LogP contribution is 2.24. The molecular weight excluding hydrogens is 290 g/mol. The van der Waals surface area contributed by atoms with E-state index in [9.17, 15) is 4.79 Å². The van der Waals surface area contributed by atoms with Gasteiger partial charge in [-0.2, -0.15) is 0 Å². The Labute approximate surface area is 133 Å². The van der Waals surface area contributed by atoms with Crippen molar-refractivity contribution in [2.24, 2.45) is 5.73 Å². The number of benzene rings is 1. The average molecular weight is 305 g/mol. The number of anilines is 1. The Morgan fingerprint density at radius 3 is 2.52 bits per heavy atom. The smallest absolute Gasteiger partial charge is 0.268 e. The zero-order valence-corrected chi connectivity index (χ0v) is 12.3. The maximum Gasteiger partial charge on any atom is 0.268 e. The lowest BCUT2D eigenvalue weighted by molar-refractivity contribution is 0.0995. The minimum atomic E-state index is -0.616. The zero-order valence-electron chi connectivity index (χ0n) is 12.3. The van der Waals surface area contributed by atoms with E-state index in [0.29, 0.717) is 5.82 Å². The lowest BCUT2D eigenvalue weighted by Crippen LogP contribution is -2.18. The largest absolute Gasteiger partial charge is 0.364 e. The topological polar surface area (TPSA) is 93.8 Å². The maximum atomic E-state index is 11.3. The Kier molecular flexibility index (Phi) is 4.24. The van der Waals surface area contributed by atoms with Crippen molar-refractivity contribution in [1.82, 2.24) is 15.0 Å². The van der Waals surface area contributed by atoms with E-state index in [0.717, 1.165) is 11.3 Å². The summed E-state index contributed by atoms with van der Waals surface area (Å²) in [5, 5.41) is 3.26. The second kappa shape index (κ2) is 6.65. The van der Waals surface area contributed by atoms with E-state index in [4.69, 9.17) is 5.73 Å². The zero-order chi connectivity index (χ0) is 16.1. The summed E-state index contributed by atoms with van der Waals surface area (Å²) in [6, 6.07) is 15.4. The van der Waals surface area contributed by atoms with E-state index >= 15 is 0 Å². The molecule has 0 radical (unpaired) electrons. The van der Waals surface area contributed by atoms with Crippen molar-refractivity contribution in [1.29, 1.82) is 0 Å². The van der Waals surface area contributed by atoms with E-state index < -0.39 is 5.91 Å². The fraction of sp³-hybridized carbons (Fsp3) is 0.0588. The van der Waals surface area contributed by atoms with Crippen LogP contribution in [-0.2, 0) is 0 Å². The molecular formula is C17H15N5O. The van der Waals surface area contributed by atoms with Crippen molar-refractivity contribution in [3.05, 3.63) is 84.1 Å². The van der Waals surface area contributed by atoms with Crippen molar-refractivity contribution in [2.75, 3.05) is 5.32 Å². The van der Waals surface area contributed by atoms with Gasteiger partial charge in [0.1, 0.15) is 11.5 Å². The van der Waals surface area contributed by atoms with Gasteiger partial charge in [-0.05, 0) is 17.7 Å². The van der Waals surface area contributed by atoms with Crippen LogP contribution in [0, 0.1) is 0 Å². The lowest BCUT2D eigenvalue weighted by atomic mass is 10.0. The molecule has 0 aliphatic rings. The summed E-state index contributed by atoms with van der Waals surface area (Å²) < 4.78 is 0. The maximum absolute atomic E-state index is 11.3. The van der Waals surface area contributed by atoms with E-state index in [-0.39, 0.29) is 11.7 Å². The van der Waals surface area contributed by atoms with E-state index in [1.807, 2.05) is 48.5 Å². The first-order valence-corrected chi connectivity index (χ1v) is 7.08. The number of pyridine rings is 1. The first kappa shape index (κ1) is 14.6. The van der Waals surface area contributed by atoms with E-state index in [2.05, 4.69) is 20.3 Å². The second-order valence-electron chi connectivity index (χ2n) is 4.90. The Morgan fingerprint density at radius 2 is 1.83 bits per heavy atom. The number of nitrogens with two attached hydrogens (primary N) is 1. The molecule has 0 aliphatic heterocycles. The van der Waals surface area contributed by atoms with Crippen LogP contribution in [0.2, 0.25) is 0 Å². The van der Waals surface area contributed by atoms with Gasteiger partial charge in [-0.3, -0.25) is 14.8 Å². The third-order valence-corrected chi connectivity index (χ3v) is 3.30. The number of primary amides is 1. The molecule has 23 heavy (non-hydrogen) atoms.